The lowest BCUT2D eigenvalue weighted by molar-refractivity contribution is 0.312. The second kappa shape index (κ2) is 6.42. The monoisotopic (exact) mass is 283 g/mol. The van der Waals surface area contributed by atoms with E-state index in [-0.39, 0.29) is 0 Å². The van der Waals surface area contributed by atoms with Gasteiger partial charge in [-0.2, -0.15) is 5.10 Å². The van der Waals surface area contributed by atoms with Crippen molar-refractivity contribution in [2.75, 3.05) is 5.32 Å². The number of nitrogens with zero attached hydrogens (tertiary/aromatic N) is 2. The molecule has 3 nitrogen and oxygen atoms in total. The molecule has 3 heteroatoms. The van der Waals surface area contributed by atoms with Crippen LogP contribution in [0.15, 0.2) is 24.3 Å². The predicted molar refractivity (Wildman–Crippen MR) is 88.6 cm³/mol. The van der Waals surface area contributed by atoms with Crippen molar-refractivity contribution in [3.05, 3.63) is 30.0 Å². The van der Waals surface area contributed by atoms with Gasteiger partial charge in [-0.1, -0.05) is 50.5 Å². The van der Waals surface area contributed by atoms with Crippen molar-refractivity contribution in [1.82, 2.24) is 10.2 Å². The largest absolute Gasteiger partial charge is 0.365 e. The molecule has 21 heavy (non-hydrogen) atoms. The molecule has 1 unspecified atom stereocenters. The van der Waals surface area contributed by atoms with Gasteiger partial charge in [0.15, 0.2) is 5.82 Å². The van der Waals surface area contributed by atoms with Crippen LogP contribution in [0.2, 0.25) is 0 Å². The molecule has 0 saturated heterocycles. The van der Waals surface area contributed by atoms with E-state index in [9.17, 15) is 0 Å². The first kappa shape index (κ1) is 14.3. The van der Waals surface area contributed by atoms with E-state index in [1.807, 2.05) is 6.92 Å². The van der Waals surface area contributed by atoms with Crippen LogP contribution in [0.4, 0.5) is 5.82 Å². The molecule has 0 bridgehead atoms. The molecule has 1 aliphatic rings. The molecule has 2 aromatic rings. The second-order valence-corrected chi connectivity index (χ2v) is 6.24. The molecule has 1 N–H and O–H groups in total. The van der Waals surface area contributed by atoms with Crippen molar-refractivity contribution >= 4 is 16.6 Å². The molecule has 1 heterocycles. The van der Waals surface area contributed by atoms with Gasteiger partial charge in [0.2, 0.25) is 0 Å². The highest BCUT2D eigenvalue weighted by atomic mass is 15.2. The van der Waals surface area contributed by atoms with E-state index in [4.69, 9.17) is 0 Å². The van der Waals surface area contributed by atoms with E-state index in [0.717, 1.165) is 23.9 Å². The maximum atomic E-state index is 4.43. The lowest BCUT2D eigenvalue weighted by atomic mass is 9.83. The standard InChI is InChI=1S/C18H25N3/c1-3-17(14-9-5-4-6-10-14)19-18-16-12-8-7-11-15(16)13(2)20-21-18/h7-8,11-12,14,17H,3-6,9-10H2,1-2H3,(H,19,21). The number of aromatic nitrogens is 2. The Kier molecular flexibility index (Phi) is 4.37. The molecule has 1 aromatic carbocycles. The average molecular weight is 283 g/mol. The van der Waals surface area contributed by atoms with Gasteiger partial charge in [-0.05, 0) is 32.1 Å². The quantitative estimate of drug-likeness (QED) is 0.883. The van der Waals surface area contributed by atoms with Crippen LogP contribution in [0.25, 0.3) is 10.8 Å². The lowest BCUT2D eigenvalue weighted by Gasteiger charge is -2.30. The van der Waals surface area contributed by atoms with E-state index in [1.54, 1.807) is 0 Å². The van der Waals surface area contributed by atoms with Gasteiger partial charge in [0.05, 0.1) is 5.69 Å². The summed E-state index contributed by atoms with van der Waals surface area (Å²) >= 11 is 0. The average Bonchev–Trinajstić information content (AvgIpc) is 2.55. The van der Waals surface area contributed by atoms with E-state index >= 15 is 0 Å². The third-order valence-electron chi connectivity index (χ3n) is 4.85. The third-order valence-corrected chi connectivity index (χ3v) is 4.85. The van der Waals surface area contributed by atoms with Crippen molar-refractivity contribution in [3.63, 3.8) is 0 Å². The minimum atomic E-state index is 0.519. The van der Waals surface area contributed by atoms with Crippen LogP contribution in [0.3, 0.4) is 0 Å². The minimum Gasteiger partial charge on any atom is -0.365 e. The summed E-state index contributed by atoms with van der Waals surface area (Å²) in [6.07, 6.45) is 8.01. The Balaban J connectivity index is 1.87. The van der Waals surface area contributed by atoms with Crippen LogP contribution in [0, 0.1) is 12.8 Å². The van der Waals surface area contributed by atoms with E-state index < -0.39 is 0 Å². The van der Waals surface area contributed by atoms with Crippen LogP contribution >= 0.6 is 0 Å². The molecular formula is C18H25N3. The molecule has 1 aliphatic carbocycles. The first-order valence-electron chi connectivity index (χ1n) is 8.28. The number of benzene rings is 1. The summed E-state index contributed by atoms with van der Waals surface area (Å²) in [5.74, 6) is 1.74. The second-order valence-electron chi connectivity index (χ2n) is 6.24. The Morgan fingerprint density at radius 2 is 1.81 bits per heavy atom. The molecule has 1 atom stereocenters. The van der Waals surface area contributed by atoms with Crippen molar-refractivity contribution in [1.29, 1.82) is 0 Å². The Morgan fingerprint density at radius 1 is 1.10 bits per heavy atom. The molecule has 0 radical (unpaired) electrons. The van der Waals surface area contributed by atoms with Gasteiger partial charge in [0.1, 0.15) is 0 Å². The van der Waals surface area contributed by atoms with Crippen molar-refractivity contribution in [2.45, 2.75) is 58.4 Å². The van der Waals surface area contributed by atoms with Crippen molar-refractivity contribution in [3.8, 4) is 0 Å². The van der Waals surface area contributed by atoms with E-state index in [1.165, 1.54) is 42.9 Å². The minimum absolute atomic E-state index is 0.519. The number of aryl methyl sites for hydroxylation is 1. The zero-order valence-electron chi connectivity index (χ0n) is 13.1. The Labute approximate surface area is 127 Å². The molecule has 0 aliphatic heterocycles. The molecular weight excluding hydrogens is 258 g/mol. The predicted octanol–water partition coefficient (Wildman–Crippen LogP) is 4.71. The maximum absolute atomic E-state index is 4.43. The number of anilines is 1. The summed E-state index contributed by atoms with van der Waals surface area (Å²) in [4.78, 5) is 0. The zero-order valence-corrected chi connectivity index (χ0v) is 13.1. The fourth-order valence-corrected chi connectivity index (χ4v) is 3.61. The lowest BCUT2D eigenvalue weighted by Crippen LogP contribution is -2.30. The maximum Gasteiger partial charge on any atom is 0.156 e. The summed E-state index contributed by atoms with van der Waals surface area (Å²) < 4.78 is 0. The molecule has 1 aromatic heterocycles. The summed E-state index contributed by atoms with van der Waals surface area (Å²) in [6.45, 7) is 4.30. The van der Waals surface area contributed by atoms with Crippen LogP contribution in [0.1, 0.15) is 51.1 Å². The SMILES string of the molecule is CCC(Nc1nnc(C)c2ccccc12)C1CCCCC1. The molecule has 1 fully saturated rings. The fraction of sp³-hybridized carbons (Fsp3) is 0.556. The van der Waals surface area contributed by atoms with E-state index in [2.05, 4.69) is 46.7 Å². The smallest absolute Gasteiger partial charge is 0.156 e. The van der Waals surface area contributed by atoms with Crippen LogP contribution < -0.4 is 5.32 Å². The number of rotatable bonds is 4. The van der Waals surface area contributed by atoms with Gasteiger partial charge in [-0.15, -0.1) is 5.10 Å². The third kappa shape index (κ3) is 3.02. The van der Waals surface area contributed by atoms with Crippen LogP contribution in [-0.2, 0) is 0 Å². The number of hydrogen-bond donors (Lipinski definition) is 1. The molecule has 0 spiro atoms. The van der Waals surface area contributed by atoms with Gasteiger partial charge >= 0.3 is 0 Å². The summed E-state index contributed by atoms with van der Waals surface area (Å²) in [7, 11) is 0. The fourth-order valence-electron chi connectivity index (χ4n) is 3.61. The Morgan fingerprint density at radius 3 is 2.52 bits per heavy atom. The summed E-state index contributed by atoms with van der Waals surface area (Å²) in [6, 6.07) is 8.94. The van der Waals surface area contributed by atoms with Crippen molar-refractivity contribution < 1.29 is 0 Å². The molecule has 3 rings (SSSR count). The highest BCUT2D eigenvalue weighted by Crippen LogP contribution is 2.31. The zero-order chi connectivity index (χ0) is 14.7. The van der Waals surface area contributed by atoms with Crippen LogP contribution in [-0.4, -0.2) is 16.2 Å². The normalized spacial score (nSPS) is 17.8. The first-order chi connectivity index (χ1) is 10.3. The van der Waals surface area contributed by atoms with Crippen LogP contribution in [0.5, 0.6) is 0 Å². The Hall–Kier alpha value is -1.64. The summed E-state index contributed by atoms with van der Waals surface area (Å²) in [5, 5.41) is 14.8. The number of nitrogens with one attached hydrogen (secondary N) is 1. The van der Waals surface area contributed by atoms with Gasteiger partial charge < -0.3 is 5.32 Å². The molecule has 0 amide bonds. The highest BCUT2D eigenvalue weighted by molar-refractivity contribution is 5.92. The number of hydrogen-bond acceptors (Lipinski definition) is 3. The van der Waals surface area contributed by atoms with Gasteiger partial charge in [-0.25, -0.2) is 0 Å². The molecule has 1 saturated carbocycles. The highest BCUT2D eigenvalue weighted by Gasteiger charge is 2.23. The topological polar surface area (TPSA) is 37.8 Å². The molecule has 112 valence electrons. The Bertz CT molecular complexity index is 602. The van der Waals surface area contributed by atoms with Gasteiger partial charge in [0.25, 0.3) is 0 Å². The summed E-state index contributed by atoms with van der Waals surface area (Å²) in [5.41, 5.74) is 1.00. The van der Waals surface area contributed by atoms with Gasteiger partial charge in [-0.3, -0.25) is 0 Å². The number of fused-ring (bicyclic) bond motifs is 1. The van der Waals surface area contributed by atoms with Crippen molar-refractivity contribution in [2.24, 2.45) is 5.92 Å². The van der Waals surface area contributed by atoms with Gasteiger partial charge in [0, 0.05) is 16.8 Å². The first-order valence-corrected chi connectivity index (χ1v) is 8.28. The van der Waals surface area contributed by atoms with E-state index in [0.29, 0.717) is 6.04 Å².